The van der Waals surface area contributed by atoms with Crippen LogP contribution in [0.5, 0.6) is 0 Å². The first kappa shape index (κ1) is 25.2. The third kappa shape index (κ3) is 294. The zero-order chi connectivity index (χ0) is 3.58. The van der Waals surface area contributed by atoms with Crippen molar-refractivity contribution in [3.8, 4) is 0 Å². The van der Waals surface area contributed by atoms with E-state index in [1.807, 2.05) is 0 Å². The molecule has 0 amide bonds. The largest absolute Gasteiger partial charge is 1.00 e. The van der Waals surface area contributed by atoms with Crippen LogP contribution >= 0.6 is 0 Å². The van der Waals surface area contributed by atoms with Gasteiger partial charge in [-0.3, -0.25) is 0 Å². The Kier molecular flexibility index (Phi) is 57.2. The zero-order valence-electron chi connectivity index (χ0n) is 3.39. The van der Waals surface area contributed by atoms with Crippen LogP contribution in [0.4, 0.5) is 0 Å². The van der Waals surface area contributed by atoms with E-state index in [0.29, 0.717) is 0 Å². The van der Waals surface area contributed by atoms with E-state index in [0.717, 1.165) is 6.92 Å². The van der Waals surface area contributed by atoms with Crippen molar-refractivity contribution in [2.24, 2.45) is 0 Å². The van der Waals surface area contributed by atoms with Crippen molar-refractivity contribution in [1.29, 1.82) is 0 Å². The standard InChI is InChI=1S/C2H4O2.2ClH.Pd/c1-2(3)4;;;/h1H3,(H,3,4);2*1H;/p-3. The monoisotopic (exact) mass is 235 g/mol. The van der Waals surface area contributed by atoms with E-state index < -0.39 is 5.97 Å². The minimum Gasteiger partial charge on any atom is -1.00 e. The van der Waals surface area contributed by atoms with Gasteiger partial charge in [0.2, 0.25) is 0 Å². The molecule has 0 spiro atoms. The Hall–Kier alpha value is 0.712. The second-order valence-electron chi connectivity index (χ2n) is 0.492. The number of carbonyl (C=O) groups excluding carboxylic acids is 1. The van der Waals surface area contributed by atoms with Crippen molar-refractivity contribution in [3.05, 3.63) is 0 Å². The Labute approximate surface area is 68.1 Å². The Morgan fingerprint density at radius 1 is 1.43 bits per heavy atom. The summed E-state index contributed by atoms with van der Waals surface area (Å²) in [4.78, 5) is 8.89. The number of halogens is 2. The predicted molar refractivity (Wildman–Crippen MR) is 10.7 cm³/mol. The van der Waals surface area contributed by atoms with E-state index in [1.165, 1.54) is 0 Å². The van der Waals surface area contributed by atoms with Crippen LogP contribution in [0.3, 0.4) is 0 Å². The molecule has 0 aromatic rings. The van der Waals surface area contributed by atoms with Crippen LogP contribution in [0, 0.1) is 0 Å². The maximum atomic E-state index is 8.89. The average Bonchev–Trinajstić information content (AvgIpc) is 0.811. The molecule has 7 heavy (non-hydrogen) atoms. The van der Waals surface area contributed by atoms with Gasteiger partial charge in [-0.15, -0.1) is 0 Å². The summed E-state index contributed by atoms with van der Waals surface area (Å²) in [5.74, 6) is -1.08. The van der Waals surface area contributed by atoms with Gasteiger partial charge >= 0.3 is 0 Å². The van der Waals surface area contributed by atoms with Gasteiger partial charge in [0.25, 0.3) is 0 Å². The SMILES string of the molecule is CC(=O)[O-].[Cl-].[Cl-].[Pd]. The van der Waals surface area contributed by atoms with E-state index in [4.69, 9.17) is 9.90 Å². The molecule has 0 N–H and O–H groups in total. The number of carboxylic acids is 1. The average molecular weight is 236 g/mol. The fourth-order valence-corrected chi connectivity index (χ4v) is 0. The minimum absolute atomic E-state index is 0. The molecule has 0 aromatic carbocycles. The molecule has 0 rings (SSSR count). The van der Waals surface area contributed by atoms with Gasteiger partial charge < -0.3 is 34.7 Å². The summed E-state index contributed by atoms with van der Waals surface area (Å²) in [6.07, 6.45) is 0. The van der Waals surface area contributed by atoms with Crippen molar-refractivity contribution in [1.82, 2.24) is 0 Å². The van der Waals surface area contributed by atoms with Crippen molar-refractivity contribution in [3.63, 3.8) is 0 Å². The molecule has 0 fully saturated rings. The molecule has 2 nitrogen and oxygen atoms in total. The smallest absolute Gasteiger partial charge is 0.0383 e. The summed E-state index contributed by atoms with van der Waals surface area (Å²) in [6, 6.07) is 0. The Morgan fingerprint density at radius 3 is 1.43 bits per heavy atom. The maximum Gasteiger partial charge on any atom is 0.0383 e. The Bertz CT molecular complexity index is 36.7. The normalized spacial score (nSPS) is 3.57. The van der Waals surface area contributed by atoms with Gasteiger partial charge in [0, 0.05) is 26.4 Å². The van der Waals surface area contributed by atoms with E-state index in [9.17, 15) is 0 Å². The molecular formula is C2H3Cl2O2Pd-3. The molecule has 0 aliphatic heterocycles. The molecule has 0 unspecified atom stereocenters. The fourth-order valence-electron chi connectivity index (χ4n) is 0. The van der Waals surface area contributed by atoms with Crippen molar-refractivity contribution >= 4 is 5.97 Å². The molecule has 0 saturated heterocycles. The molecule has 0 saturated carbocycles. The van der Waals surface area contributed by atoms with Gasteiger partial charge in [-0.05, 0) is 6.92 Å². The molecule has 0 atom stereocenters. The van der Waals surface area contributed by atoms with Crippen LogP contribution in [0.2, 0.25) is 0 Å². The number of aliphatic carboxylic acids is 1. The van der Waals surface area contributed by atoms with E-state index in [2.05, 4.69) is 0 Å². The minimum atomic E-state index is -1.08. The molecule has 5 heteroatoms. The summed E-state index contributed by atoms with van der Waals surface area (Å²) in [5.41, 5.74) is 0. The quantitative estimate of drug-likeness (QED) is 0.392. The van der Waals surface area contributed by atoms with E-state index >= 15 is 0 Å². The van der Waals surface area contributed by atoms with Crippen LogP contribution in [0.15, 0.2) is 0 Å². The maximum absolute atomic E-state index is 8.89. The van der Waals surface area contributed by atoms with Gasteiger partial charge in [0.1, 0.15) is 0 Å². The van der Waals surface area contributed by atoms with Crippen LogP contribution in [-0.2, 0) is 25.2 Å². The third-order valence-corrected chi connectivity index (χ3v) is 0. The number of rotatable bonds is 0. The molecule has 0 aliphatic rings. The first-order chi connectivity index (χ1) is 1.73. The van der Waals surface area contributed by atoms with Crippen LogP contribution in [0.1, 0.15) is 6.92 Å². The predicted octanol–water partition coefficient (Wildman–Crippen LogP) is -7.24. The topological polar surface area (TPSA) is 40.1 Å². The van der Waals surface area contributed by atoms with Gasteiger partial charge in [0.15, 0.2) is 0 Å². The summed E-state index contributed by atoms with van der Waals surface area (Å²) < 4.78 is 0. The van der Waals surface area contributed by atoms with Gasteiger partial charge in [-0.25, -0.2) is 0 Å². The molecule has 50 valence electrons. The second kappa shape index (κ2) is 15.9. The van der Waals surface area contributed by atoms with Crippen molar-refractivity contribution < 1.29 is 55.1 Å². The van der Waals surface area contributed by atoms with Gasteiger partial charge in [-0.1, -0.05) is 0 Å². The molecule has 0 aliphatic carbocycles. The van der Waals surface area contributed by atoms with Gasteiger partial charge in [-0.2, -0.15) is 0 Å². The molecule has 0 aromatic heterocycles. The Balaban J connectivity index is -0.0000000150. The summed E-state index contributed by atoms with van der Waals surface area (Å²) >= 11 is 0. The number of carbonyl (C=O) groups is 1. The first-order valence-corrected chi connectivity index (χ1v) is 0.908. The van der Waals surface area contributed by atoms with E-state index in [1.54, 1.807) is 0 Å². The summed E-state index contributed by atoms with van der Waals surface area (Å²) in [7, 11) is 0. The third-order valence-electron chi connectivity index (χ3n) is 0. The molecule has 0 heterocycles. The summed E-state index contributed by atoms with van der Waals surface area (Å²) in [5, 5.41) is 8.89. The number of hydrogen-bond acceptors (Lipinski definition) is 2. The number of carboxylic acid groups (broad SMARTS) is 1. The zero-order valence-corrected chi connectivity index (χ0v) is 6.46. The van der Waals surface area contributed by atoms with Crippen LogP contribution in [-0.4, -0.2) is 5.97 Å². The number of hydrogen-bond donors (Lipinski definition) is 0. The van der Waals surface area contributed by atoms with Crippen LogP contribution in [0.25, 0.3) is 0 Å². The first-order valence-electron chi connectivity index (χ1n) is 0.908. The molecule has 0 bridgehead atoms. The van der Waals surface area contributed by atoms with Crippen molar-refractivity contribution in [2.75, 3.05) is 0 Å². The van der Waals surface area contributed by atoms with Crippen LogP contribution < -0.4 is 29.9 Å². The van der Waals surface area contributed by atoms with Crippen molar-refractivity contribution in [2.45, 2.75) is 6.92 Å². The van der Waals surface area contributed by atoms with Gasteiger partial charge in [0.05, 0.1) is 0 Å². The molecular weight excluding hydrogens is 233 g/mol. The van der Waals surface area contributed by atoms with E-state index in [-0.39, 0.29) is 45.2 Å². The second-order valence-corrected chi connectivity index (χ2v) is 0.492. The fraction of sp³-hybridized carbons (Fsp3) is 0.500. The molecule has 0 radical (unpaired) electrons. The Morgan fingerprint density at radius 2 is 1.43 bits per heavy atom. The summed E-state index contributed by atoms with van der Waals surface area (Å²) in [6.45, 7) is 0.972.